The molecule has 1 aromatic rings. The molecule has 6 heteroatoms. The predicted molar refractivity (Wildman–Crippen MR) is 76.3 cm³/mol. The Bertz CT molecular complexity index is 461. The summed E-state index contributed by atoms with van der Waals surface area (Å²) in [5.41, 5.74) is 6.06. The van der Waals surface area contributed by atoms with Crippen LogP contribution in [0.4, 0.5) is 0 Å². The van der Waals surface area contributed by atoms with Crippen LogP contribution in [0.2, 0.25) is 10.0 Å². The first-order valence-corrected chi connectivity index (χ1v) is 6.17. The monoisotopic (exact) mass is 308 g/mol. The number of hydrogen-bond acceptors (Lipinski definition) is 2. The van der Waals surface area contributed by atoms with Crippen LogP contribution in [0, 0.1) is 0 Å². The molecule has 0 bridgehead atoms. The third-order valence-corrected chi connectivity index (χ3v) is 3.86. The highest BCUT2D eigenvalue weighted by Crippen LogP contribution is 2.34. The van der Waals surface area contributed by atoms with Gasteiger partial charge in [0.15, 0.2) is 0 Å². The molecular weight excluding hydrogens is 295 g/mol. The maximum Gasteiger partial charge on any atom is 0.242 e. The number of carbonyl (C=O) groups excluding carboxylic acids is 1. The number of hydrogen-bond donors (Lipinski definition) is 1. The molecule has 1 aliphatic rings. The van der Waals surface area contributed by atoms with Crippen molar-refractivity contribution >= 4 is 41.5 Å². The van der Waals surface area contributed by atoms with Gasteiger partial charge in [-0.1, -0.05) is 35.3 Å². The highest BCUT2D eigenvalue weighted by atomic mass is 35.5. The van der Waals surface area contributed by atoms with Gasteiger partial charge >= 0.3 is 0 Å². The van der Waals surface area contributed by atoms with Gasteiger partial charge in [0.1, 0.15) is 0 Å². The van der Waals surface area contributed by atoms with Crippen LogP contribution in [-0.4, -0.2) is 23.4 Å². The van der Waals surface area contributed by atoms with Gasteiger partial charge in [0.2, 0.25) is 5.91 Å². The molecule has 1 aromatic carbocycles. The fourth-order valence-electron chi connectivity index (χ4n) is 1.73. The summed E-state index contributed by atoms with van der Waals surface area (Å²) < 4.78 is 0. The van der Waals surface area contributed by atoms with Crippen molar-refractivity contribution in [3.05, 3.63) is 33.8 Å². The van der Waals surface area contributed by atoms with Crippen LogP contribution in [-0.2, 0) is 11.3 Å². The summed E-state index contributed by atoms with van der Waals surface area (Å²) in [6, 6.07) is 5.39. The van der Waals surface area contributed by atoms with E-state index in [9.17, 15) is 4.79 Å². The molecule has 18 heavy (non-hydrogen) atoms. The number of nitrogens with zero attached hydrogens (tertiary/aromatic N) is 1. The largest absolute Gasteiger partial charge is 0.340 e. The van der Waals surface area contributed by atoms with Gasteiger partial charge in [0, 0.05) is 13.6 Å². The van der Waals surface area contributed by atoms with Gasteiger partial charge in [-0.2, -0.15) is 0 Å². The Labute approximate surface area is 123 Å². The van der Waals surface area contributed by atoms with E-state index in [1.807, 2.05) is 12.1 Å². The van der Waals surface area contributed by atoms with Gasteiger partial charge in [-0.25, -0.2) is 0 Å². The second kappa shape index (κ2) is 5.66. The molecule has 0 radical (unpaired) electrons. The third kappa shape index (κ3) is 3.09. The lowest BCUT2D eigenvalue weighted by atomic mass is 10.2. The summed E-state index contributed by atoms with van der Waals surface area (Å²) in [6.07, 6.45) is 1.53. The van der Waals surface area contributed by atoms with Crippen molar-refractivity contribution in [3.63, 3.8) is 0 Å². The number of likely N-dealkylation sites (N-methyl/N-ethyl adjacent to an activating group) is 1. The molecule has 0 saturated heterocycles. The molecule has 1 fully saturated rings. The van der Waals surface area contributed by atoms with Crippen LogP contribution in [0.3, 0.4) is 0 Å². The Morgan fingerprint density at radius 1 is 1.44 bits per heavy atom. The van der Waals surface area contributed by atoms with E-state index in [-0.39, 0.29) is 18.3 Å². The zero-order valence-electron chi connectivity index (χ0n) is 9.95. The van der Waals surface area contributed by atoms with Crippen molar-refractivity contribution < 1.29 is 4.79 Å². The molecule has 3 nitrogen and oxygen atoms in total. The van der Waals surface area contributed by atoms with E-state index in [1.54, 1.807) is 18.0 Å². The van der Waals surface area contributed by atoms with Gasteiger partial charge in [0.05, 0.1) is 15.6 Å². The number of rotatable bonds is 3. The molecular formula is C12H15Cl3N2O. The van der Waals surface area contributed by atoms with E-state index >= 15 is 0 Å². The number of carbonyl (C=O) groups is 1. The van der Waals surface area contributed by atoms with Gasteiger partial charge in [0.25, 0.3) is 0 Å². The minimum Gasteiger partial charge on any atom is -0.340 e. The molecule has 100 valence electrons. The van der Waals surface area contributed by atoms with Crippen molar-refractivity contribution in [2.24, 2.45) is 5.73 Å². The zero-order valence-corrected chi connectivity index (χ0v) is 12.3. The standard InChI is InChI=1S/C12H14Cl2N2O.ClH/c1-16(11(17)12(15)5-6-12)7-8-3-2-4-9(13)10(8)14;/h2-4H,5-7,15H2,1H3;1H. The second-order valence-corrected chi connectivity index (χ2v) is 5.32. The summed E-state index contributed by atoms with van der Waals surface area (Å²) in [7, 11) is 1.73. The van der Waals surface area contributed by atoms with E-state index in [0.717, 1.165) is 18.4 Å². The number of nitrogens with two attached hydrogens (primary N) is 1. The topological polar surface area (TPSA) is 46.3 Å². The van der Waals surface area contributed by atoms with E-state index < -0.39 is 5.54 Å². The van der Waals surface area contributed by atoms with Crippen LogP contribution < -0.4 is 5.73 Å². The Hall–Kier alpha value is -0.480. The fourth-order valence-corrected chi connectivity index (χ4v) is 2.11. The molecule has 1 aliphatic carbocycles. The van der Waals surface area contributed by atoms with Gasteiger partial charge in [-0.15, -0.1) is 12.4 Å². The average molecular weight is 310 g/mol. The summed E-state index contributed by atoms with van der Waals surface area (Å²) in [6.45, 7) is 0.428. The molecule has 2 N–H and O–H groups in total. The minimum absolute atomic E-state index is 0. The van der Waals surface area contributed by atoms with E-state index in [1.165, 1.54) is 0 Å². The lowest BCUT2D eigenvalue weighted by Gasteiger charge is -2.21. The molecule has 2 rings (SSSR count). The molecule has 1 saturated carbocycles. The summed E-state index contributed by atoms with van der Waals surface area (Å²) in [5, 5.41) is 0.995. The Morgan fingerprint density at radius 2 is 2.06 bits per heavy atom. The van der Waals surface area contributed by atoms with Gasteiger partial charge in [-0.05, 0) is 24.5 Å². The molecule has 0 aromatic heterocycles. The maximum atomic E-state index is 12.0. The molecule has 0 aliphatic heterocycles. The maximum absolute atomic E-state index is 12.0. The van der Waals surface area contributed by atoms with Crippen LogP contribution in [0.25, 0.3) is 0 Å². The molecule has 0 unspecified atom stereocenters. The van der Waals surface area contributed by atoms with E-state index in [4.69, 9.17) is 28.9 Å². The molecule has 1 amide bonds. The summed E-state index contributed by atoms with van der Waals surface area (Å²) in [4.78, 5) is 13.6. The quantitative estimate of drug-likeness (QED) is 0.933. The predicted octanol–water partition coefficient (Wildman–Crippen LogP) is 2.86. The molecule has 0 heterocycles. The Balaban J connectivity index is 0.00000162. The first-order valence-electron chi connectivity index (χ1n) is 5.41. The summed E-state index contributed by atoms with van der Waals surface area (Å²) in [5.74, 6) is -0.0338. The number of amides is 1. The van der Waals surface area contributed by atoms with Crippen molar-refractivity contribution in [1.29, 1.82) is 0 Å². The normalized spacial score (nSPS) is 15.8. The zero-order chi connectivity index (χ0) is 12.6. The highest BCUT2D eigenvalue weighted by Gasteiger charge is 2.47. The Morgan fingerprint density at radius 3 is 2.61 bits per heavy atom. The van der Waals surface area contributed by atoms with E-state index in [0.29, 0.717) is 16.6 Å². The van der Waals surface area contributed by atoms with Crippen LogP contribution >= 0.6 is 35.6 Å². The number of benzene rings is 1. The lowest BCUT2D eigenvalue weighted by molar-refractivity contribution is -0.132. The van der Waals surface area contributed by atoms with Crippen LogP contribution in [0.5, 0.6) is 0 Å². The van der Waals surface area contributed by atoms with Crippen molar-refractivity contribution in [1.82, 2.24) is 4.90 Å². The smallest absolute Gasteiger partial charge is 0.242 e. The lowest BCUT2D eigenvalue weighted by Crippen LogP contribution is -2.43. The number of halogens is 3. The molecule has 0 atom stereocenters. The van der Waals surface area contributed by atoms with Crippen LogP contribution in [0.15, 0.2) is 18.2 Å². The second-order valence-electron chi connectivity index (χ2n) is 4.53. The SMILES string of the molecule is CN(Cc1cccc(Cl)c1Cl)C(=O)C1(N)CC1.Cl. The van der Waals surface area contributed by atoms with Crippen LogP contribution in [0.1, 0.15) is 18.4 Å². The molecule has 0 spiro atoms. The van der Waals surface area contributed by atoms with Gasteiger partial charge < -0.3 is 10.6 Å². The fraction of sp³-hybridized carbons (Fsp3) is 0.417. The summed E-state index contributed by atoms with van der Waals surface area (Å²) >= 11 is 12.0. The van der Waals surface area contributed by atoms with Crippen molar-refractivity contribution in [2.45, 2.75) is 24.9 Å². The third-order valence-electron chi connectivity index (χ3n) is 3.00. The van der Waals surface area contributed by atoms with Gasteiger partial charge in [-0.3, -0.25) is 4.79 Å². The van der Waals surface area contributed by atoms with Crippen molar-refractivity contribution in [3.8, 4) is 0 Å². The first kappa shape index (κ1) is 15.6. The highest BCUT2D eigenvalue weighted by molar-refractivity contribution is 6.42. The average Bonchev–Trinajstić information content (AvgIpc) is 3.03. The first-order chi connectivity index (χ1) is 7.94. The Kier molecular flexibility index (Phi) is 4.90. The van der Waals surface area contributed by atoms with E-state index in [2.05, 4.69) is 0 Å². The van der Waals surface area contributed by atoms with Crippen molar-refractivity contribution in [2.75, 3.05) is 7.05 Å². The minimum atomic E-state index is -0.639.